The first kappa shape index (κ1) is 22.4. The van der Waals surface area contributed by atoms with Crippen molar-refractivity contribution >= 4 is 11.9 Å². The van der Waals surface area contributed by atoms with Gasteiger partial charge in [0.1, 0.15) is 23.8 Å². The van der Waals surface area contributed by atoms with Gasteiger partial charge in [-0.25, -0.2) is 4.79 Å². The van der Waals surface area contributed by atoms with E-state index in [1.807, 2.05) is 13.0 Å². The molecule has 2 aromatic rings. The summed E-state index contributed by atoms with van der Waals surface area (Å²) in [5, 5.41) is 0. The maximum absolute atomic E-state index is 13.0. The largest absolute Gasteiger partial charge is 0.495 e. The van der Waals surface area contributed by atoms with Crippen LogP contribution >= 0.6 is 0 Å². The van der Waals surface area contributed by atoms with Gasteiger partial charge in [-0.3, -0.25) is 9.78 Å². The minimum atomic E-state index is -5.09. The Bertz CT molecular complexity index is 993. The molecule has 1 atom stereocenters. The number of alkyl halides is 3. The zero-order valence-corrected chi connectivity index (χ0v) is 17.2. The molecule has 1 aromatic heterocycles. The fourth-order valence-electron chi connectivity index (χ4n) is 3.48. The molecular weight excluding hydrogens is 417 g/mol. The Morgan fingerprint density at radius 1 is 1.19 bits per heavy atom. The van der Waals surface area contributed by atoms with Crippen molar-refractivity contribution in [3.8, 4) is 11.5 Å². The van der Waals surface area contributed by atoms with Crippen molar-refractivity contribution in [3.05, 3.63) is 52.8 Å². The number of nitrogens with zero attached hydrogens (tertiary/aromatic N) is 2. The van der Waals surface area contributed by atoms with Crippen LogP contribution in [0.5, 0.6) is 11.5 Å². The average Bonchev–Trinajstić information content (AvgIpc) is 2.75. The molecule has 3 rings (SSSR count). The van der Waals surface area contributed by atoms with Crippen LogP contribution in [-0.4, -0.2) is 48.7 Å². The second-order valence-electron chi connectivity index (χ2n) is 6.92. The van der Waals surface area contributed by atoms with Gasteiger partial charge in [-0.15, -0.1) is 0 Å². The Balaban J connectivity index is 1.86. The maximum Gasteiger partial charge on any atom is 0.471 e. The van der Waals surface area contributed by atoms with Crippen molar-refractivity contribution in [2.24, 2.45) is 0 Å². The molecule has 2 heterocycles. The lowest BCUT2D eigenvalue weighted by molar-refractivity contribution is -0.190. The van der Waals surface area contributed by atoms with Gasteiger partial charge >= 0.3 is 18.1 Å². The molecule has 0 saturated heterocycles. The Kier molecular flexibility index (Phi) is 6.37. The van der Waals surface area contributed by atoms with Crippen LogP contribution < -0.4 is 9.47 Å². The number of methoxy groups -OCH3 is 2. The molecule has 10 heteroatoms. The van der Waals surface area contributed by atoms with E-state index in [1.54, 1.807) is 12.1 Å². The molecule has 0 fully saturated rings. The monoisotopic (exact) mass is 438 g/mol. The number of aryl methyl sites for hydroxylation is 1. The number of fused-ring (bicyclic) bond motifs is 1. The minimum absolute atomic E-state index is 0.114. The number of carbonyl (C=O) groups excluding carboxylic acids is 2. The Labute approximate surface area is 176 Å². The summed E-state index contributed by atoms with van der Waals surface area (Å²) in [6.45, 7) is 1.67. The van der Waals surface area contributed by atoms with Gasteiger partial charge in [0, 0.05) is 12.2 Å². The number of hydrogen-bond acceptors (Lipinski definition) is 6. The lowest BCUT2D eigenvalue weighted by Gasteiger charge is -2.35. The Morgan fingerprint density at radius 3 is 2.58 bits per heavy atom. The first-order chi connectivity index (χ1) is 14.7. The normalized spacial score (nSPS) is 15.8. The van der Waals surface area contributed by atoms with Crippen LogP contribution in [0.15, 0.2) is 30.3 Å². The molecule has 1 amide bonds. The highest BCUT2D eigenvalue weighted by molar-refractivity contribution is 5.89. The number of carbonyl (C=O) groups is 2. The number of pyridine rings is 1. The molecule has 1 aliphatic rings. The quantitative estimate of drug-likeness (QED) is 0.668. The highest BCUT2D eigenvalue weighted by Crippen LogP contribution is 2.36. The van der Waals surface area contributed by atoms with Gasteiger partial charge in [-0.2, -0.15) is 13.2 Å². The van der Waals surface area contributed by atoms with Crippen LogP contribution in [0, 0.1) is 6.92 Å². The molecule has 1 aromatic carbocycles. The molecule has 31 heavy (non-hydrogen) atoms. The predicted octanol–water partition coefficient (Wildman–Crippen LogP) is 3.14. The lowest BCUT2D eigenvalue weighted by atomic mass is 9.92. The lowest BCUT2D eigenvalue weighted by Crippen LogP contribution is -2.49. The smallest absolute Gasteiger partial charge is 0.471 e. The SMILES string of the molecule is COC(=O)C1c2ccc(OCc3nc(C)ccc3OC)cc2CCN1C(=O)C(F)(F)F. The van der Waals surface area contributed by atoms with E-state index in [1.165, 1.54) is 19.2 Å². The van der Waals surface area contributed by atoms with E-state index in [4.69, 9.17) is 9.47 Å². The van der Waals surface area contributed by atoms with E-state index in [2.05, 4.69) is 9.72 Å². The number of amides is 1. The van der Waals surface area contributed by atoms with Crippen molar-refractivity contribution in [1.82, 2.24) is 9.88 Å². The molecule has 166 valence electrons. The second-order valence-corrected chi connectivity index (χ2v) is 6.92. The first-order valence-corrected chi connectivity index (χ1v) is 9.37. The van der Waals surface area contributed by atoms with Crippen LogP contribution in [0.3, 0.4) is 0 Å². The van der Waals surface area contributed by atoms with Crippen LogP contribution in [0.1, 0.15) is 28.6 Å². The average molecular weight is 438 g/mol. The summed E-state index contributed by atoms with van der Waals surface area (Å²) in [5.74, 6) is -2.01. The molecule has 0 spiro atoms. The molecule has 0 bridgehead atoms. The summed E-state index contributed by atoms with van der Waals surface area (Å²) < 4.78 is 54.7. The first-order valence-electron chi connectivity index (χ1n) is 9.37. The van der Waals surface area contributed by atoms with Crippen molar-refractivity contribution in [1.29, 1.82) is 0 Å². The van der Waals surface area contributed by atoms with Crippen LogP contribution in [0.2, 0.25) is 0 Å². The molecule has 1 unspecified atom stereocenters. The van der Waals surface area contributed by atoms with Crippen molar-refractivity contribution in [2.45, 2.75) is 32.2 Å². The van der Waals surface area contributed by atoms with E-state index in [-0.39, 0.29) is 25.1 Å². The molecule has 0 N–H and O–H groups in total. The fraction of sp³-hybridized carbons (Fsp3) is 0.381. The number of aromatic nitrogens is 1. The number of halogens is 3. The fourth-order valence-corrected chi connectivity index (χ4v) is 3.48. The van der Waals surface area contributed by atoms with E-state index in [9.17, 15) is 22.8 Å². The van der Waals surface area contributed by atoms with Gasteiger partial charge in [0.2, 0.25) is 0 Å². The third-order valence-corrected chi connectivity index (χ3v) is 4.94. The number of esters is 1. The minimum Gasteiger partial charge on any atom is -0.495 e. The Hall–Kier alpha value is -3.30. The van der Waals surface area contributed by atoms with Crippen LogP contribution in [-0.2, 0) is 27.4 Å². The molecule has 0 saturated carbocycles. The van der Waals surface area contributed by atoms with Gasteiger partial charge in [-0.1, -0.05) is 6.07 Å². The zero-order chi connectivity index (χ0) is 22.8. The third-order valence-electron chi connectivity index (χ3n) is 4.94. The van der Waals surface area contributed by atoms with Gasteiger partial charge in [0.15, 0.2) is 6.04 Å². The molecule has 1 aliphatic heterocycles. The number of ether oxygens (including phenoxy) is 3. The van der Waals surface area contributed by atoms with Crippen LogP contribution in [0.25, 0.3) is 0 Å². The second kappa shape index (κ2) is 8.83. The summed E-state index contributed by atoms with van der Waals surface area (Å²) in [7, 11) is 2.59. The molecule has 0 radical (unpaired) electrons. The summed E-state index contributed by atoms with van der Waals surface area (Å²) in [5.41, 5.74) is 2.26. The summed E-state index contributed by atoms with van der Waals surface area (Å²) in [6, 6.07) is 6.75. The summed E-state index contributed by atoms with van der Waals surface area (Å²) >= 11 is 0. The van der Waals surface area contributed by atoms with E-state index in [0.29, 0.717) is 27.7 Å². The van der Waals surface area contributed by atoms with Crippen molar-refractivity contribution in [3.63, 3.8) is 0 Å². The van der Waals surface area contributed by atoms with Crippen molar-refractivity contribution < 1.29 is 37.0 Å². The van der Waals surface area contributed by atoms with E-state index >= 15 is 0 Å². The Morgan fingerprint density at radius 2 is 1.94 bits per heavy atom. The topological polar surface area (TPSA) is 78.0 Å². The number of rotatable bonds is 5. The number of hydrogen-bond donors (Lipinski definition) is 0. The van der Waals surface area contributed by atoms with Gasteiger partial charge in [0.05, 0.1) is 14.2 Å². The summed E-state index contributed by atoms with van der Waals surface area (Å²) in [6.07, 6.45) is -4.96. The number of benzene rings is 1. The maximum atomic E-state index is 13.0. The highest BCUT2D eigenvalue weighted by atomic mass is 19.4. The van der Waals surface area contributed by atoms with Crippen molar-refractivity contribution in [2.75, 3.05) is 20.8 Å². The van der Waals surface area contributed by atoms with E-state index < -0.39 is 24.1 Å². The van der Waals surface area contributed by atoms with E-state index in [0.717, 1.165) is 12.8 Å². The molecular formula is C21H21F3N2O5. The zero-order valence-electron chi connectivity index (χ0n) is 17.2. The standard InChI is InChI=1S/C21H21F3N2O5/c1-12-4-7-17(29-2)16(25-12)11-31-14-5-6-15-13(10-14)8-9-26(18(15)19(27)30-3)20(28)21(22,23)24/h4-7,10,18H,8-9,11H2,1-3H3. The van der Waals surface area contributed by atoms with Gasteiger partial charge < -0.3 is 19.1 Å². The molecule has 0 aliphatic carbocycles. The summed E-state index contributed by atoms with van der Waals surface area (Å²) in [4.78, 5) is 28.9. The van der Waals surface area contributed by atoms with Gasteiger partial charge in [0.25, 0.3) is 0 Å². The highest BCUT2D eigenvalue weighted by Gasteiger charge is 2.48. The third kappa shape index (κ3) is 4.73. The predicted molar refractivity (Wildman–Crippen MR) is 103 cm³/mol. The van der Waals surface area contributed by atoms with Gasteiger partial charge in [-0.05, 0) is 48.7 Å². The molecule has 7 nitrogen and oxygen atoms in total. The van der Waals surface area contributed by atoms with Crippen LogP contribution in [0.4, 0.5) is 13.2 Å².